The number of nitrogens with zero attached hydrogens (tertiary/aromatic N) is 5. The van der Waals surface area contributed by atoms with E-state index in [4.69, 9.17) is 6.42 Å². The van der Waals surface area contributed by atoms with Crippen molar-refractivity contribution in [3.63, 3.8) is 0 Å². The smallest absolute Gasteiger partial charge is 0.284 e. The van der Waals surface area contributed by atoms with Gasteiger partial charge in [-0.2, -0.15) is 15.6 Å². The van der Waals surface area contributed by atoms with Crippen molar-refractivity contribution in [1.82, 2.24) is 19.5 Å². The van der Waals surface area contributed by atoms with E-state index in [-0.39, 0.29) is 23.6 Å². The first-order valence-electron chi connectivity index (χ1n) is 9.95. The van der Waals surface area contributed by atoms with E-state index in [1.165, 1.54) is 4.57 Å². The highest BCUT2D eigenvalue weighted by atomic mass is 19.2. The molecule has 10 heteroatoms. The van der Waals surface area contributed by atoms with Crippen LogP contribution in [0.3, 0.4) is 0 Å². The molecule has 2 aromatic rings. The molecule has 32 heavy (non-hydrogen) atoms. The third kappa shape index (κ3) is 3.78. The van der Waals surface area contributed by atoms with Gasteiger partial charge in [-0.05, 0) is 32.1 Å². The molecule has 1 aliphatic heterocycles. The average Bonchev–Trinajstić information content (AvgIpc) is 3.16. The zero-order chi connectivity index (χ0) is 23.6. The Bertz CT molecular complexity index is 1310. The standard InChI is InChI=1S/C20H16F2N6O2.C2H6/c1-4-8-26-12(3)18(28-24-15-9-13(21)14(22)10-16(15)25-28)19(29)27(20(26)30)17-6-5-7-23-11(17)2;1-2/h1,5-7,9-10,15,24H,8H2,2-3H3;1-2H3. The zero-order valence-corrected chi connectivity index (χ0v) is 18.1. The second kappa shape index (κ2) is 9.11. The Balaban J connectivity index is 0.00000141. The Morgan fingerprint density at radius 3 is 2.59 bits per heavy atom. The van der Waals surface area contributed by atoms with Gasteiger partial charge in [0.05, 0.1) is 35.4 Å². The number of hydrazone groups is 1. The summed E-state index contributed by atoms with van der Waals surface area (Å²) < 4.78 is 29.4. The van der Waals surface area contributed by atoms with Gasteiger partial charge in [0.2, 0.25) is 0 Å². The molecule has 166 valence electrons. The fourth-order valence-electron chi connectivity index (χ4n) is 3.37. The van der Waals surface area contributed by atoms with Gasteiger partial charge in [-0.25, -0.2) is 18.1 Å². The second-order valence-corrected chi connectivity index (χ2v) is 6.71. The fraction of sp³-hybridized carbons (Fsp3) is 0.273. The molecule has 3 heterocycles. The van der Waals surface area contributed by atoms with E-state index in [0.717, 1.165) is 21.8 Å². The Hall–Kier alpha value is -3.84. The monoisotopic (exact) mass is 440 g/mol. The summed E-state index contributed by atoms with van der Waals surface area (Å²) in [5.74, 6) is 0.324. The number of hydrazine groups is 1. The van der Waals surface area contributed by atoms with E-state index in [0.29, 0.717) is 11.4 Å². The minimum absolute atomic E-state index is 0.00220. The van der Waals surface area contributed by atoms with Crippen LogP contribution in [0.1, 0.15) is 25.2 Å². The molecule has 0 saturated heterocycles. The molecule has 0 aromatic carbocycles. The van der Waals surface area contributed by atoms with Gasteiger partial charge >= 0.3 is 5.69 Å². The molecule has 1 unspecified atom stereocenters. The van der Waals surface area contributed by atoms with Crippen LogP contribution in [0.2, 0.25) is 0 Å². The number of hydrogen-bond acceptors (Lipinski definition) is 6. The van der Waals surface area contributed by atoms with E-state index in [9.17, 15) is 18.4 Å². The summed E-state index contributed by atoms with van der Waals surface area (Å²) in [7, 11) is 0. The number of aromatic nitrogens is 3. The SMILES string of the molecule is C#CCn1c(C)c(N2N=C3C=C(F)C(F)=CC3N2)c(=O)n(-c2cccnc2C)c1=O.CC. The number of hydrogen-bond donors (Lipinski definition) is 1. The van der Waals surface area contributed by atoms with E-state index < -0.39 is 28.9 Å². The summed E-state index contributed by atoms with van der Waals surface area (Å²) in [5, 5.41) is 5.31. The van der Waals surface area contributed by atoms with Crippen LogP contribution < -0.4 is 21.8 Å². The first-order valence-corrected chi connectivity index (χ1v) is 9.95. The molecule has 1 aliphatic carbocycles. The minimum Gasteiger partial charge on any atom is -0.284 e. The third-order valence-corrected chi connectivity index (χ3v) is 4.87. The number of nitrogens with one attached hydrogen (secondary N) is 1. The van der Waals surface area contributed by atoms with Gasteiger partial charge in [0.15, 0.2) is 17.3 Å². The number of allylic oxidation sites excluding steroid dienone is 2. The number of pyridine rings is 1. The molecule has 0 bridgehead atoms. The van der Waals surface area contributed by atoms with Gasteiger partial charge in [0, 0.05) is 12.3 Å². The van der Waals surface area contributed by atoms with Gasteiger partial charge in [0.25, 0.3) is 5.56 Å². The molecule has 0 radical (unpaired) electrons. The number of terminal acetylenes is 1. The highest BCUT2D eigenvalue weighted by Crippen LogP contribution is 2.25. The van der Waals surface area contributed by atoms with Crippen molar-refractivity contribution < 1.29 is 8.78 Å². The van der Waals surface area contributed by atoms with Gasteiger partial charge in [-0.3, -0.25) is 14.3 Å². The van der Waals surface area contributed by atoms with Crippen LogP contribution >= 0.6 is 0 Å². The van der Waals surface area contributed by atoms with E-state index in [1.807, 2.05) is 13.8 Å². The van der Waals surface area contributed by atoms with Crippen molar-refractivity contribution in [2.24, 2.45) is 5.10 Å². The normalized spacial score (nSPS) is 16.8. The van der Waals surface area contributed by atoms with Crippen LogP contribution in [0.15, 0.2) is 56.8 Å². The average molecular weight is 440 g/mol. The first kappa shape index (κ1) is 22.8. The van der Waals surface area contributed by atoms with Gasteiger partial charge < -0.3 is 0 Å². The highest BCUT2D eigenvalue weighted by Gasteiger charge is 2.32. The second-order valence-electron chi connectivity index (χ2n) is 6.71. The lowest BCUT2D eigenvalue weighted by atomic mass is 10.1. The van der Waals surface area contributed by atoms with E-state index in [2.05, 4.69) is 21.4 Å². The van der Waals surface area contributed by atoms with Crippen molar-refractivity contribution >= 4 is 11.4 Å². The van der Waals surface area contributed by atoms with Crippen molar-refractivity contribution in [1.29, 1.82) is 0 Å². The Kier molecular flexibility index (Phi) is 6.50. The topological polar surface area (TPSA) is 84.5 Å². The summed E-state index contributed by atoms with van der Waals surface area (Å²) >= 11 is 0. The number of aryl methyl sites for hydroxylation is 1. The molecule has 0 saturated carbocycles. The van der Waals surface area contributed by atoms with Crippen molar-refractivity contribution in [3.8, 4) is 18.0 Å². The molecular formula is C22H22F2N6O2. The van der Waals surface area contributed by atoms with Crippen LogP contribution in [0, 0.1) is 26.2 Å². The molecular weight excluding hydrogens is 418 g/mol. The zero-order valence-electron chi connectivity index (χ0n) is 18.1. The molecule has 0 spiro atoms. The quantitative estimate of drug-likeness (QED) is 0.742. The van der Waals surface area contributed by atoms with Crippen LogP contribution in [-0.2, 0) is 6.54 Å². The van der Waals surface area contributed by atoms with Crippen LogP contribution in [0.4, 0.5) is 14.5 Å². The molecule has 8 nitrogen and oxygen atoms in total. The summed E-state index contributed by atoms with van der Waals surface area (Å²) in [6.45, 7) is 7.12. The molecule has 2 aromatic heterocycles. The summed E-state index contributed by atoms with van der Waals surface area (Å²) in [6.07, 6.45) is 8.93. The molecule has 2 aliphatic rings. The Morgan fingerprint density at radius 2 is 1.94 bits per heavy atom. The predicted octanol–water partition coefficient (Wildman–Crippen LogP) is 2.44. The van der Waals surface area contributed by atoms with E-state index in [1.54, 1.807) is 32.2 Å². The van der Waals surface area contributed by atoms with Gasteiger partial charge in [-0.1, -0.05) is 19.8 Å². The number of halogens is 2. The lowest BCUT2D eigenvalue weighted by molar-refractivity contribution is 0.534. The largest absolute Gasteiger partial charge is 0.336 e. The van der Waals surface area contributed by atoms with Crippen LogP contribution in [0.5, 0.6) is 0 Å². The van der Waals surface area contributed by atoms with Crippen molar-refractivity contribution in [2.75, 3.05) is 5.12 Å². The Morgan fingerprint density at radius 1 is 1.22 bits per heavy atom. The van der Waals surface area contributed by atoms with Gasteiger partial charge in [0.1, 0.15) is 0 Å². The fourth-order valence-corrected chi connectivity index (χ4v) is 3.37. The maximum absolute atomic E-state index is 13.6. The predicted molar refractivity (Wildman–Crippen MR) is 119 cm³/mol. The maximum atomic E-state index is 13.6. The first-order chi connectivity index (χ1) is 15.3. The van der Waals surface area contributed by atoms with Crippen molar-refractivity contribution in [2.45, 2.75) is 40.3 Å². The van der Waals surface area contributed by atoms with Crippen LogP contribution in [-0.4, -0.2) is 25.9 Å². The molecule has 4 rings (SSSR count). The van der Waals surface area contributed by atoms with Crippen molar-refractivity contribution in [3.05, 3.63) is 74.4 Å². The molecule has 0 amide bonds. The number of anilines is 1. The lowest BCUT2D eigenvalue weighted by Crippen LogP contribution is -2.46. The minimum atomic E-state index is -1.05. The Labute approximate surface area is 183 Å². The molecule has 1 atom stereocenters. The molecule has 1 N–H and O–H groups in total. The maximum Gasteiger partial charge on any atom is 0.336 e. The molecule has 0 fully saturated rings. The number of rotatable bonds is 3. The third-order valence-electron chi connectivity index (χ3n) is 4.87. The van der Waals surface area contributed by atoms with E-state index >= 15 is 0 Å². The number of fused-ring (bicyclic) bond motifs is 1. The summed E-state index contributed by atoms with van der Waals surface area (Å²) in [6, 6.07) is 2.43. The summed E-state index contributed by atoms with van der Waals surface area (Å²) in [5.41, 5.74) is 2.72. The van der Waals surface area contributed by atoms with Gasteiger partial charge in [-0.15, -0.1) is 6.42 Å². The van der Waals surface area contributed by atoms with Crippen LogP contribution in [0.25, 0.3) is 5.69 Å². The lowest BCUT2D eigenvalue weighted by Gasteiger charge is -2.21. The summed E-state index contributed by atoms with van der Waals surface area (Å²) in [4.78, 5) is 30.6. The highest BCUT2D eigenvalue weighted by molar-refractivity contribution is 6.04.